The molecule has 0 heterocycles. The van der Waals surface area contributed by atoms with Crippen LogP contribution in [-0.2, 0) is 11.2 Å². The maximum atomic E-state index is 12.1. The number of carbonyl (C=O) groups is 2. The first kappa shape index (κ1) is 22.1. The Labute approximate surface area is 156 Å². The first-order valence-corrected chi connectivity index (χ1v) is 9.24. The molecule has 0 aliphatic heterocycles. The molecule has 0 fully saturated rings. The van der Waals surface area contributed by atoms with E-state index in [1.165, 1.54) is 0 Å². The Kier molecular flexibility index (Phi) is 9.30. The summed E-state index contributed by atoms with van der Waals surface area (Å²) < 4.78 is 0. The van der Waals surface area contributed by atoms with Gasteiger partial charge in [-0.1, -0.05) is 32.4 Å². The van der Waals surface area contributed by atoms with Crippen LogP contribution in [-0.4, -0.2) is 43.2 Å². The van der Waals surface area contributed by atoms with Crippen LogP contribution in [0.4, 0.5) is 0 Å². The molecule has 3 atom stereocenters. The van der Waals surface area contributed by atoms with Gasteiger partial charge in [0.15, 0.2) is 0 Å². The molecule has 0 bridgehead atoms. The molecule has 0 aliphatic rings. The SMILES string of the molecule is CNC(=O)c1ccc(C[C@H](N)[C@@H](O)C[C@@H](CCC(C)C)C(=O)NC)cc1. The van der Waals surface area contributed by atoms with Gasteiger partial charge in [0.05, 0.1) is 6.10 Å². The molecule has 0 unspecified atom stereocenters. The van der Waals surface area contributed by atoms with E-state index in [-0.39, 0.29) is 17.7 Å². The molecular weight excluding hydrogens is 330 g/mol. The molecule has 6 nitrogen and oxygen atoms in total. The summed E-state index contributed by atoms with van der Waals surface area (Å²) in [6.07, 6.45) is 1.75. The van der Waals surface area contributed by atoms with E-state index in [1.54, 1.807) is 26.2 Å². The number of hydrogen-bond donors (Lipinski definition) is 4. The van der Waals surface area contributed by atoms with Crippen molar-refractivity contribution in [3.05, 3.63) is 35.4 Å². The fourth-order valence-electron chi connectivity index (χ4n) is 2.91. The zero-order valence-electron chi connectivity index (χ0n) is 16.3. The lowest BCUT2D eigenvalue weighted by molar-refractivity contribution is -0.126. The molecule has 5 N–H and O–H groups in total. The molecule has 0 radical (unpaired) electrons. The molecule has 0 aromatic heterocycles. The van der Waals surface area contributed by atoms with Gasteiger partial charge in [0.2, 0.25) is 5.91 Å². The van der Waals surface area contributed by atoms with E-state index >= 15 is 0 Å². The lowest BCUT2D eigenvalue weighted by Gasteiger charge is -2.24. The van der Waals surface area contributed by atoms with Crippen molar-refractivity contribution in [1.82, 2.24) is 10.6 Å². The minimum Gasteiger partial charge on any atom is -0.391 e. The van der Waals surface area contributed by atoms with Crippen LogP contribution in [0.25, 0.3) is 0 Å². The van der Waals surface area contributed by atoms with E-state index < -0.39 is 12.1 Å². The topological polar surface area (TPSA) is 104 Å². The molecule has 146 valence electrons. The van der Waals surface area contributed by atoms with Crippen molar-refractivity contribution >= 4 is 11.8 Å². The molecule has 0 aliphatic carbocycles. The van der Waals surface area contributed by atoms with Gasteiger partial charge < -0.3 is 21.5 Å². The molecule has 26 heavy (non-hydrogen) atoms. The van der Waals surface area contributed by atoms with Crippen molar-refractivity contribution in [1.29, 1.82) is 0 Å². The van der Waals surface area contributed by atoms with Gasteiger partial charge in [0, 0.05) is 31.6 Å². The monoisotopic (exact) mass is 363 g/mol. The zero-order valence-corrected chi connectivity index (χ0v) is 16.3. The molecule has 1 rings (SSSR count). The highest BCUT2D eigenvalue weighted by atomic mass is 16.3. The van der Waals surface area contributed by atoms with Gasteiger partial charge in [-0.05, 0) is 42.9 Å². The summed E-state index contributed by atoms with van der Waals surface area (Å²) in [6, 6.07) is 6.69. The van der Waals surface area contributed by atoms with Crippen molar-refractivity contribution < 1.29 is 14.7 Å². The first-order valence-electron chi connectivity index (χ1n) is 9.24. The number of nitrogens with two attached hydrogens (primary N) is 1. The Morgan fingerprint density at radius 1 is 1.08 bits per heavy atom. The third-order valence-electron chi connectivity index (χ3n) is 4.64. The fraction of sp³-hybridized carbons (Fsp3) is 0.600. The summed E-state index contributed by atoms with van der Waals surface area (Å²) in [7, 11) is 3.20. The number of benzene rings is 1. The number of aliphatic hydroxyl groups is 1. The fourth-order valence-corrected chi connectivity index (χ4v) is 2.91. The van der Waals surface area contributed by atoms with Crippen LogP contribution >= 0.6 is 0 Å². The highest BCUT2D eigenvalue weighted by molar-refractivity contribution is 5.93. The Morgan fingerprint density at radius 3 is 2.19 bits per heavy atom. The van der Waals surface area contributed by atoms with Crippen LogP contribution in [0.3, 0.4) is 0 Å². The summed E-state index contributed by atoms with van der Waals surface area (Å²) in [5.74, 6) is 0.0807. The number of hydrogen-bond acceptors (Lipinski definition) is 4. The minimum absolute atomic E-state index is 0.0492. The molecule has 0 spiro atoms. The van der Waals surface area contributed by atoms with Crippen LogP contribution in [0.1, 0.15) is 49.0 Å². The van der Waals surface area contributed by atoms with Crippen molar-refractivity contribution in [2.75, 3.05) is 14.1 Å². The summed E-state index contributed by atoms with van der Waals surface area (Å²) >= 11 is 0. The van der Waals surface area contributed by atoms with Crippen LogP contribution in [0.5, 0.6) is 0 Å². The van der Waals surface area contributed by atoms with Gasteiger partial charge in [-0.2, -0.15) is 0 Å². The van der Waals surface area contributed by atoms with Gasteiger partial charge in [-0.3, -0.25) is 9.59 Å². The lowest BCUT2D eigenvalue weighted by atomic mass is 9.88. The van der Waals surface area contributed by atoms with Gasteiger partial charge in [0.25, 0.3) is 5.91 Å². The van der Waals surface area contributed by atoms with E-state index in [0.717, 1.165) is 18.4 Å². The van der Waals surface area contributed by atoms with Gasteiger partial charge in [-0.15, -0.1) is 0 Å². The van der Waals surface area contributed by atoms with Crippen molar-refractivity contribution in [2.45, 2.75) is 51.7 Å². The highest BCUT2D eigenvalue weighted by Gasteiger charge is 2.25. The average Bonchev–Trinajstić information content (AvgIpc) is 2.63. The second kappa shape index (κ2) is 10.9. The van der Waals surface area contributed by atoms with E-state index in [4.69, 9.17) is 5.73 Å². The molecule has 6 heteroatoms. The van der Waals surface area contributed by atoms with Crippen LogP contribution in [0, 0.1) is 11.8 Å². The van der Waals surface area contributed by atoms with E-state index in [1.807, 2.05) is 12.1 Å². The minimum atomic E-state index is -0.761. The molecule has 1 aromatic rings. The lowest BCUT2D eigenvalue weighted by Crippen LogP contribution is -2.40. The maximum Gasteiger partial charge on any atom is 0.251 e. The zero-order chi connectivity index (χ0) is 19.7. The number of carbonyl (C=O) groups excluding carboxylic acids is 2. The van der Waals surface area contributed by atoms with Gasteiger partial charge >= 0.3 is 0 Å². The Balaban J connectivity index is 2.65. The highest BCUT2D eigenvalue weighted by Crippen LogP contribution is 2.20. The third-order valence-corrected chi connectivity index (χ3v) is 4.64. The van der Waals surface area contributed by atoms with Crippen molar-refractivity contribution in [3.8, 4) is 0 Å². The predicted octanol–water partition coefficient (Wildman–Crippen LogP) is 1.47. The summed E-state index contributed by atoms with van der Waals surface area (Å²) in [6.45, 7) is 4.23. The number of aliphatic hydroxyl groups excluding tert-OH is 1. The second-order valence-corrected chi connectivity index (χ2v) is 7.23. The average molecular weight is 364 g/mol. The van der Waals surface area contributed by atoms with Crippen LogP contribution < -0.4 is 16.4 Å². The summed E-state index contributed by atoms with van der Waals surface area (Å²) in [5.41, 5.74) is 7.69. The molecule has 2 amide bonds. The number of amides is 2. The Bertz CT molecular complexity index is 572. The summed E-state index contributed by atoms with van der Waals surface area (Å²) in [5, 5.41) is 15.7. The van der Waals surface area contributed by atoms with E-state index in [0.29, 0.717) is 24.3 Å². The Morgan fingerprint density at radius 2 is 1.69 bits per heavy atom. The van der Waals surface area contributed by atoms with E-state index in [2.05, 4.69) is 24.5 Å². The number of rotatable bonds is 10. The van der Waals surface area contributed by atoms with Crippen LogP contribution in [0.15, 0.2) is 24.3 Å². The molecule has 0 saturated heterocycles. The normalized spacial score (nSPS) is 14.6. The predicted molar refractivity (Wildman–Crippen MR) is 104 cm³/mol. The third kappa shape index (κ3) is 7.14. The number of nitrogens with one attached hydrogen (secondary N) is 2. The molecule has 1 aromatic carbocycles. The van der Waals surface area contributed by atoms with E-state index in [9.17, 15) is 14.7 Å². The largest absolute Gasteiger partial charge is 0.391 e. The van der Waals surface area contributed by atoms with Gasteiger partial charge in [-0.25, -0.2) is 0 Å². The smallest absolute Gasteiger partial charge is 0.251 e. The molecular formula is C20H33N3O3. The second-order valence-electron chi connectivity index (χ2n) is 7.23. The van der Waals surface area contributed by atoms with Crippen molar-refractivity contribution in [3.63, 3.8) is 0 Å². The van der Waals surface area contributed by atoms with Crippen LogP contribution in [0.2, 0.25) is 0 Å². The van der Waals surface area contributed by atoms with Gasteiger partial charge in [0.1, 0.15) is 0 Å². The van der Waals surface area contributed by atoms with Crippen molar-refractivity contribution in [2.24, 2.45) is 17.6 Å². The summed E-state index contributed by atoms with van der Waals surface area (Å²) in [4.78, 5) is 23.6. The quantitative estimate of drug-likeness (QED) is 0.505. The maximum absolute atomic E-state index is 12.1. The standard InChI is InChI=1S/C20H33N3O3/c1-13(2)5-8-16(20(26)23-4)12-18(24)17(21)11-14-6-9-15(10-7-14)19(25)22-3/h6-7,9-10,13,16-18,24H,5,8,11-12,21H2,1-4H3,(H,22,25)(H,23,26)/t16-,17+,18+/m1/s1. The molecule has 0 saturated carbocycles. The first-order chi connectivity index (χ1) is 12.3. The Hall–Kier alpha value is -1.92.